The molecule has 0 radical (unpaired) electrons. The molecule has 5 heteroatoms. The number of rotatable bonds is 5. The fourth-order valence-corrected chi connectivity index (χ4v) is 4.40. The Morgan fingerprint density at radius 3 is 2.48 bits per heavy atom. The maximum atomic E-state index is 13.1. The number of benzene rings is 1. The molecule has 0 unspecified atom stereocenters. The normalized spacial score (nSPS) is 27.8. The van der Waals surface area contributed by atoms with Crippen LogP contribution in [0.2, 0.25) is 0 Å². The summed E-state index contributed by atoms with van der Waals surface area (Å²) >= 11 is 0. The van der Waals surface area contributed by atoms with E-state index >= 15 is 0 Å². The lowest BCUT2D eigenvalue weighted by atomic mass is 9.77. The van der Waals surface area contributed by atoms with Crippen LogP contribution in [0.4, 0.5) is 4.39 Å². The van der Waals surface area contributed by atoms with E-state index in [9.17, 15) is 19.6 Å². The average molecular weight is 344 g/mol. The minimum atomic E-state index is -0.902. The minimum Gasteiger partial charge on any atom is -0.392 e. The van der Waals surface area contributed by atoms with Crippen LogP contribution < -0.4 is 5.32 Å². The summed E-state index contributed by atoms with van der Waals surface area (Å²) in [5.41, 5.74) is -0.393. The van der Waals surface area contributed by atoms with Crippen molar-refractivity contribution in [3.8, 4) is 6.07 Å². The van der Waals surface area contributed by atoms with Crippen LogP contribution in [-0.2, 0) is 11.2 Å². The second-order valence-electron chi connectivity index (χ2n) is 7.66. The Kier molecular flexibility index (Phi) is 5.10. The number of hydrogen-bond donors (Lipinski definition) is 2. The number of carbonyl (C=O) groups is 1. The van der Waals surface area contributed by atoms with Crippen molar-refractivity contribution in [2.45, 2.75) is 57.5 Å². The van der Waals surface area contributed by atoms with Crippen LogP contribution in [0, 0.1) is 28.0 Å². The number of nitrogens with zero attached hydrogens (tertiary/aromatic N) is 1. The smallest absolute Gasteiger partial charge is 0.240 e. The fourth-order valence-electron chi connectivity index (χ4n) is 4.40. The molecule has 0 heterocycles. The first-order valence-corrected chi connectivity index (χ1v) is 9.12. The number of halogens is 1. The molecule has 0 aliphatic heterocycles. The van der Waals surface area contributed by atoms with Gasteiger partial charge in [0.15, 0.2) is 0 Å². The van der Waals surface area contributed by atoms with E-state index in [0.717, 1.165) is 31.2 Å². The summed E-state index contributed by atoms with van der Waals surface area (Å²) in [6.45, 7) is 0.355. The molecule has 2 N–H and O–H groups in total. The Morgan fingerprint density at radius 1 is 1.24 bits per heavy atom. The number of aliphatic hydroxyl groups is 1. The Bertz CT molecular complexity index is 661. The van der Waals surface area contributed by atoms with E-state index in [1.54, 1.807) is 12.1 Å². The predicted molar refractivity (Wildman–Crippen MR) is 91.9 cm³/mol. The number of amides is 1. The third-order valence-corrected chi connectivity index (χ3v) is 6.04. The van der Waals surface area contributed by atoms with Gasteiger partial charge in [0.1, 0.15) is 11.2 Å². The van der Waals surface area contributed by atoms with Crippen LogP contribution in [0.3, 0.4) is 0 Å². The average Bonchev–Trinajstić information content (AvgIpc) is 3.24. The van der Waals surface area contributed by atoms with Crippen LogP contribution in [0.25, 0.3) is 0 Å². The molecule has 3 rings (SSSR count). The van der Waals surface area contributed by atoms with Gasteiger partial charge in [-0.15, -0.1) is 0 Å². The summed E-state index contributed by atoms with van der Waals surface area (Å²) in [7, 11) is 0. The lowest BCUT2D eigenvalue weighted by Crippen LogP contribution is -2.47. The van der Waals surface area contributed by atoms with E-state index in [2.05, 4.69) is 11.4 Å². The largest absolute Gasteiger partial charge is 0.392 e. The maximum absolute atomic E-state index is 13.1. The zero-order valence-corrected chi connectivity index (χ0v) is 14.4. The van der Waals surface area contributed by atoms with Crippen molar-refractivity contribution in [3.63, 3.8) is 0 Å². The third kappa shape index (κ3) is 3.55. The number of hydrogen-bond acceptors (Lipinski definition) is 3. The van der Waals surface area contributed by atoms with Crippen molar-refractivity contribution < 1.29 is 14.3 Å². The molecule has 0 spiro atoms. The van der Waals surface area contributed by atoms with Crippen LogP contribution in [0.5, 0.6) is 0 Å². The van der Waals surface area contributed by atoms with Crippen LogP contribution in [0.1, 0.15) is 50.5 Å². The number of nitriles is 1. The highest BCUT2D eigenvalue weighted by Gasteiger charge is 2.45. The lowest BCUT2D eigenvalue weighted by Gasteiger charge is -2.34. The summed E-state index contributed by atoms with van der Waals surface area (Å²) in [6, 6.07) is 8.53. The first-order chi connectivity index (χ1) is 12.0. The molecule has 2 fully saturated rings. The van der Waals surface area contributed by atoms with Gasteiger partial charge in [-0.3, -0.25) is 4.79 Å². The summed E-state index contributed by atoms with van der Waals surface area (Å²) in [5, 5.41) is 23.0. The Hall–Kier alpha value is -1.93. The van der Waals surface area contributed by atoms with Crippen molar-refractivity contribution >= 4 is 5.91 Å². The highest BCUT2D eigenvalue weighted by Crippen LogP contribution is 2.42. The van der Waals surface area contributed by atoms with Gasteiger partial charge in [0.25, 0.3) is 0 Å². The first-order valence-electron chi connectivity index (χ1n) is 9.12. The predicted octanol–water partition coefficient (Wildman–Crippen LogP) is 3.10. The van der Waals surface area contributed by atoms with Crippen molar-refractivity contribution in [2.75, 3.05) is 6.54 Å². The van der Waals surface area contributed by atoms with Gasteiger partial charge in [0.2, 0.25) is 5.91 Å². The zero-order chi connectivity index (χ0) is 17.9. The first kappa shape index (κ1) is 17.9. The van der Waals surface area contributed by atoms with Gasteiger partial charge in [-0.25, -0.2) is 4.39 Å². The number of carbonyl (C=O) groups excluding carboxylic acids is 1. The van der Waals surface area contributed by atoms with Gasteiger partial charge >= 0.3 is 0 Å². The molecular weight excluding hydrogens is 319 g/mol. The highest BCUT2D eigenvalue weighted by atomic mass is 19.1. The Balaban J connectivity index is 1.72. The number of aliphatic hydroxyl groups excluding tert-OH is 1. The van der Waals surface area contributed by atoms with Crippen LogP contribution in [-0.4, -0.2) is 23.7 Å². The fraction of sp³-hybridized carbons (Fsp3) is 0.600. The monoisotopic (exact) mass is 344 g/mol. The van der Waals surface area contributed by atoms with Gasteiger partial charge in [0, 0.05) is 12.0 Å². The molecule has 4 nitrogen and oxygen atoms in total. The summed E-state index contributed by atoms with van der Waals surface area (Å²) in [6.07, 6.45) is 5.56. The van der Waals surface area contributed by atoms with E-state index < -0.39 is 16.9 Å². The van der Waals surface area contributed by atoms with Crippen molar-refractivity contribution in [1.29, 1.82) is 5.26 Å². The van der Waals surface area contributed by atoms with Gasteiger partial charge in [-0.2, -0.15) is 5.26 Å². The molecule has 0 bridgehead atoms. The molecule has 2 saturated carbocycles. The van der Waals surface area contributed by atoms with Gasteiger partial charge in [-0.05, 0) is 49.8 Å². The summed E-state index contributed by atoms with van der Waals surface area (Å²) in [4.78, 5) is 12.6. The lowest BCUT2D eigenvalue weighted by molar-refractivity contribution is -0.128. The molecule has 1 amide bonds. The maximum Gasteiger partial charge on any atom is 0.240 e. The topological polar surface area (TPSA) is 73.1 Å². The van der Waals surface area contributed by atoms with E-state index in [4.69, 9.17) is 0 Å². The third-order valence-electron chi connectivity index (χ3n) is 6.04. The molecular formula is C20H25FN2O2. The SMILES string of the molecule is N#CC1(C(=O)NC[C@]2(Cc3ccc(F)cc3)CCC[C@H]2O)CCCC1. The van der Waals surface area contributed by atoms with Crippen molar-refractivity contribution in [2.24, 2.45) is 10.8 Å². The molecule has 2 atom stereocenters. The van der Waals surface area contributed by atoms with E-state index in [0.29, 0.717) is 32.2 Å². The van der Waals surface area contributed by atoms with Gasteiger partial charge < -0.3 is 10.4 Å². The molecule has 0 saturated heterocycles. The van der Waals surface area contributed by atoms with E-state index in [1.165, 1.54) is 12.1 Å². The Labute approximate surface area is 148 Å². The van der Waals surface area contributed by atoms with E-state index in [-0.39, 0.29) is 11.7 Å². The molecule has 1 aromatic rings. The molecule has 1 aromatic carbocycles. The van der Waals surface area contributed by atoms with Crippen LogP contribution in [0.15, 0.2) is 24.3 Å². The quantitative estimate of drug-likeness (QED) is 0.862. The van der Waals surface area contributed by atoms with Crippen LogP contribution >= 0.6 is 0 Å². The molecule has 25 heavy (non-hydrogen) atoms. The molecule has 0 aromatic heterocycles. The van der Waals surface area contributed by atoms with E-state index in [1.807, 2.05) is 0 Å². The highest BCUT2D eigenvalue weighted by molar-refractivity contribution is 5.85. The number of nitrogens with one attached hydrogen (secondary N) is 1. The zero-order valence-electron chi connectivity index (χ0n) is 14.4. The van der Waals surface area contributed by atoms with Gasteiger partial charge in [0.05, 0.1) is 12.2 Å². The Morgan fingerprint density at radius 2 is 1.92 bits per heavy atom. The summed E-state index contributed by atoms with van der Waals surface area (Å²) in [5.74, 6) is -0.486. The van der Waals surface area contributed by atoms with Crippen molar-refractivity contribution in [3.05, 3.63) is 35.6 Å². The summed E-state index contributed by atoms with van der Waals surface area (Å²) < 4.78 is 13.1. The standard InChI is InChI=1S/C20H25FN2O2/c21-16-7-5-15(6-8-16)12-20(11-3-4-17(20)24)14-23-18(25)19(13-22)9-1-2-10-19/h5-8,17,24H,1-4,9-12,14H2,(H,23,25)/t17-,20-/m1/s1. The molecule has 2 aliphatic carbocycles. The van der Waals surface area contributed by atoms with Crippen molar-refractivity contribution in [1.82, 2.24) is 5.32 Å². The minimum absolute atomic E-state index is 0.204. The molecule has 134 valence electrons. The second kappa shape index (κ2) is 7.13. The van der Waals surface area contributed by atoms with Gasteiger partial charge in [-0.1, -0.05) is 31.4 Å². The second-order valence-corrected chi connectivity index (χ2v) is 7.66. The molecule has 2 aliphatic rings.